The maximum absolute atomic E-state index is 14.6. The third kappa shape index (κ3) is 3.74. The van der Waals surface area contributed by atoms with Crippen molar-refractivity contribution in [3.05, 3.63) is 58.9 Å². The monoisotopic (exact) mass is 348 g/mol. The van der Waals surface area contributed by atoms with E-state index in [9.17, 15) is 13.2 Å². The van der Waals surface area contributed by atoms with Gasteiger partial charge in [0.25, 0.3) is 0 Å². The van der Waals surface area contributed by atoms with E-state index in [1.54, 1.807) is 6.07 Å². The molecule has 0 bridgehead atoms. The van der Waals surface area contributed by atoms with Crippen LogP contribution in [0.5, 0.6) is 0 Å². The molecule has 0 radical (unpaired) electrons. The Bertz CT molecular complexity index is 749. The normalized spacial score (nSPS) is 20.7. The van der Waals surface area contributed by atoms with Crippen molar-refractivity contribution in [3.8, 4) is 11.1 Å². The predicted octanol–water partition coefficient (Wildman–Crippen LogP) is 6.35. The van der Waals surface area contributed by atoms with Crippen LogP contribution in [-0.2, 0) is 4.74 Å². The van der Waals surface area contributed by atoms with Gasteiger partial charge in [-0.1, -0.05) is 37.6 Å². The summed E-state index contributed by atoms with van der Waals surface area (Å²) in [5, 5.41) is 0. The van der Waals surface area contributed by atoms with Crippen LogP contribution < -0.4 is 0 Å². The van der Waals surface area contributed by atoms with Crippen LogP contribution in [0.15, 0.2) is 30.3 Å². The van der Waals surface area contributed by atoms with Crippen molar-refractivity contribution in [2.75, 3.05) is 6.61 Å². The van der Waals surface area contributed by atoms with Gasteiger partial charge in [0, 0.05) is 11.1 Å². The SMILES string of the molecule is CCCC1CCC(c2ccc(-c3ccc(C)c(F)c3F)c(F)c2)OC1. The molecule has 1 nitrogen and oxygen atoms in total. The first kappa shape index (κ1) is 18.0. The van der Waals surface area contributed by atoms with Gasteiger partial charge in [0.2, 0.25) is 0 Å². The van der Waals surface area contributed by atoms with Gasteiger partial charge < -0.3 is 4.74 Å². The van der Waals surface area contributed by atoms with E-state index in [0.717, 1.165) is 31.2 Å². The van der Waals surface area contributed by atoms with Crippen molar-refractivity contribution in [2.24, 2.45) is 5.92 Å². The largest absolute Gasteiger partial charge is 0.373 e. The van der Waals surface area contributed by atoms with E-state index >= 15 is 0 Å². The zero-order valence-corrected chi connectivity index (χ0v) is 14.6. The van der Waals surface area contributed by atoms with Crippen LogP contribution in [0.1, 0.15) is 49.8 Å². The molecule has 3 rings (SSSR count). The summed E-state index contributed by atoms with van der Waals surface area (Å²) in [6.45, 7) is 4.33. The Morgan fingerprint density at radius 2 is 1.76 bits per heavy atom. The smallest absolute Gasteiger partial charge is 0.167 e. The molecule has 2 atom stereocenters. The Morgan fingerprint density at radius 3 is 2.40 bits per heavy atom. The number of benzene rings is 2. The van der Waals surface area contributed by atoms with Gasteiger partial charge in [-0.3, -0.25) is 0 Å². The first-order chi connectivity index (χ1) is 12.0. The lowest BCUT2D eigenvalue weighted by molar-refractivity contribution is -0.0195. The van der Waals surface area contributed by atoms with Crippen molar-refractivity contribution in [2.45, 2.75) is 45.6 Å². The molecule has 0 N–H and O–H groups in total. The fourth-order valence-electron chi connectivity index (χ4n) is 3.51. The lowest BCUT2D eigenvalue weighted by atomic mass is 9.91. The van der Waals surface area contributed by atoms with Gasteiger partial charge in [0.05, 0.1) is 12.7 Å². The van der Waals surface area contributed by atoms with Gasteiger partial charge >= 0.3 is 0 Å². The van der Waals surface area contributed by atoms with Crippen LogP contribution in [0.2, 0.25) is 0 Å². The predicted molar refractivity (Wildman–Crippen MR) is 92.8 cm³/mol. The molecule has 1 saturated heterocycles. The summed E-state index contributed by atoms with van der Waals surface area (Å²) in [6.07, 6.45) is 4.09. The number of ether oxygens (including phenoxy) is 1. The van der Waals surface area contributed by atoms with Gasteiger partial charge in [-0.2, -0.15) is 0 Å². The van der Waals surface area contributed by atoms with E-state index in [1.807, 2.05) is 0 Å². The molecule has 1 heterocycles. The topological polar surface area (TPSA) is 9.23 Å². The Balaban J connectivity index is 1.82. The zero-order chi connectivity index (χ0) is 18.0. The number of hydrogen-bond donors (Lipinski definition) is 0. The summed E-state index contributed by atoms with van der Waals surface area (Å²) >= 11 is 0. The highest BCUT2D eigenvalue weighted by molar-refractivity contribution is 5.66. The van der Waals surface area contributed by atoms with Crippen LogP contribution in [0.25, 0.3) is 11.1 Å². The van der Waals surface area contributed by atoms with Gasteiger partial charge in [0.1, 0.15) is 5.82 Å². The molecule has 0 aromatic heterocycles. The fourth-order valence-corrected chi connectivity index (χ4v) is 3.51. The summed E-state index contributed by atoms with van der Waals surface area (Å²) < 4.78 is 48.3. The van der Waals surface area contributed by atoms with Crippen LogP contribution >= 0.6 is 0 Å². The van der Waals surface area contributed by atoms with Crippen LogP contribution in [0, 0.1) is 30.3 Å². The van der Waals surface area contributed by atoms with Crippen molar-refractivity contribution in [3.63, 3.8) is 0 Å². The minimum atomic E-state index is -1.01. The first-order valence-corrected chi connectivity index (χ1v) is 8.87. The van der Waals surface area contributed by atoms with Gasteiger partial charge in [0.15, 0.2) is 11.6 Å². The van der Waals surface area contributed by atoms with E-state index in [-0.39, 0.29) is 22.8 Å². The molecular weight excluding hydrogens is 325 g/mol. The van der Waals surface area contributed by atoms with E-state index in [0.29, 0.717) is 12.5 Å². The number of rotatable bonds is 4. The molecule has 0 aliphatic carbocycles. The fraction of sp³-hybridized carbons (Fsp3) is 0.429. The summed E-state index contributed by atoms with van der Waals surface area (Å²) in [7, 11) is 0. The van der Waals surface area contributed by atoms with E-state index in [2.05, 4.69) is 6.92 Å². The molecule has 25 heavy (non-hydrogen) atoms. The number of aryl methyl sites for hydroxylation is 1. The second kappa shape index (κ2) is 7.61. The minimum absolute atomic E-state index is 0.0558. The molecule has 1 aliphatic heterocycles. The van der Waals surface area contributed by atoms with Crippen molar-refractivity contribution >= 4 is 0 Å². The summed E-state index contributed by atoms with van der Waals surface area (Å²) in [6, 6.07) is 7.52. The van der Waals surface area contributed by atoms with E-state index < -0.39 is 17.5 Å². The number of hydrogen-bond acceptors (Lipinski definition) is 1. The second-order valence-electron chi connectivity index (χ2n) is 6.85. The highest BCUT2D eigenvalue weighted by Crippen LogP contribution is 2.35. The average Bonchev–Trinajstić information content (AvgIpc) is 2.61. The van der Waals surface area contributed by atoms with E-state index in [1.165, 1.54) is 31.2 Å². The third-order valence-electron chi connectivity index (χ3n) is 5.00. The molecule has 0 spiro atoms. The second-order valence-corrected chi connectivity index (χ2v) is 6.85. The third-order valence-corrected chi connectivity index (χ3v) is 5.00. The molecule has 0 saturated carbocycles. The van der Waals surface area contributed by atoms with Crippen molar-refractivity contribution in [1.82, 2.24) is 0 Å². The lowest BCUT2D eigenvalue weighted by Crippen LogP contribution is -2.20. The Morgan fingerprint density at radius 1 is 1.00 bits per heavy atom. The lowest BCUT2D eigenvalue weighted by Gasteiger charge is -2.29. The van der Waals surface area contributed by atoms with Crippen molar-refractivity contribution in [1.29, 1.82) is 0 Å². The summed E-state index contributed by atoms with van der Waals surface area (Å²) in [5.41, 5.74) is 0.972. The summed E-state index contributed by atoms with van der Waals surface area (Å²) in [4.78, 5) is 0. The van der Waals surface area contributed by atoms with Crippen LogP contribution in [-0.4, -0.2) is 6.61 Å². The zero-order valence-electron chi connectivity index (χ0n) is 14.6. The maximum Gasteiger partial charge on any atom is 0.167 e. The van der Waals surface area contributed by atoms with Gasteiger partial charge in [-0.05, 0) is 49.3 Å². The molecule has 1 aliphatic rings. The Hall–Kier alpha value is -1.81. The van der Waals surface area contributed by atoms with Crippen LogP contribution in [0.4, 0.5) is 13.2 Å². The quantitative estimate of drug-likeness (QED) is 0.626. The molecule has 2 aromatic carbocycles. The molecule has 4 heteroatoms. The standard InChI is InChI=1S/C21H23F3O/c1-3-4-14-6-10-19(25-12-14)15-7-9-16(18(22)11-15)17-8-5-13(2)20(23)21(17)24/h5,7-9,11,14,19H,3-4,6,10,12H2,1-2H3. The maximum atomic E-state index is 14.6. The first-order valence-electron chi connectivity index (χ1n) is 8.87. The molecule has 1 fully saturated rings. The molecule has 2 unspecified atom stereocenters. The highest BCUT2D eigenvalue weighted by Gasteiger charge is 2.24. The Kier molecular flexibility index (Phi) is 5.48. The van der Waals surface area contributed by atoms with Gasteiger partial charge in [-0.15, -0.1) is 0 Å². The van der Waals surface area contributed by atoms with Crippen LogP contribution in [0.3, 0.4) is 0 Å². The minimum Gasteiger partial charge on any atom is -0.373 e. The molecule has 0 amide bonds. The number of halogens is 3. The van der Waals surface area contributed by atoms with Crippen molar-refractivity contribution < 1.29 is 17.9 Å². The Labute approximate surface area is 146 Å². The molecule has 2 aromatic rings. The summed E-state index contributed by atoms with van der Waals surface area (Å²) in [5.74, 6) is -1.92. The highest BCUT2D eigenvalue weighted by atomic mass is 19.2. The molecular formula is C21H23F3O. The molecule has 134 valence electrons. The van der Waals surface area contributed by atoms with Gasteiger partial charge in [-0.25, -0.2) is 13.2 Å². The average molecular weight is 348 g/mol. The van der Waals surface area contributed by atoms with E-state index in [4.69, 9.17) is 4.74 Å².